The van der Waals surface area contributed by atoms with Crippen LogP contribution >= 0.6 is 10.8 Å². The summed E-state index contributed by atoms with van der Waals surface area (Å²) in [6.07, 6.45) is 8.59. The molecule has 5 nitrogen and oxygen atoms in total. The fourth-order valence-electron chi connectivity index (χ4n) is 4.45. The Balaban J connectivity index is 1.62. The van der Waals surface area contributed by atoms with Gasteiger partial charge in [-0.3, -0.25) is 9.79 Å². The average Bonchev–Trinajstić information content (AvgIpc) is 3.26. The van der Waals surface area contributed by atoms with Crippen molar-refractivity contribution >= 4 is 32.8 Å². The Morgan fingerprint density at radius 3 is 2.36 bits per heavy atom. The van der Waals surface area contributed by atoms with Crippen molar-refractivity contribution in [3.63, 3.8) is 0 Å². The zero-order chi connectivity index (χ0) is 27.5. The summed E-state index contributed by atoms with van der Waals surface area (Å²) >= 11 is 0. The van der Waals surface area contributed by atoms with Crippen molar-refractivity contribution in [3.8, 4) is 22.6 Å². The van der Waals surface area contributed by atoms with E-state index in [-0.39, 0.29) is 5.78 Å². The summed E-state index contributed by atoms with van der Waals surface area (Å²) in [4.78, 5) is 18.4. The molecule has 3 aromatic carbocycles. The standard InChI is InChI=1S/C33H37NO4S/c1-3-5-7-11-20-34-21-23-38-27-16-14-25(15-17-27)31-29-24-28(37-22-6-4-2)18-19-30(29)39(36)33(31)32(35)26-12-9-8-10-13-26/h8-10,12-19,21,24H,3-7,11,20,22-23H2,1-2H3. The molecule has 1 unspecified atom stereocenters. The summed E-state index contributed by atoms with van der Waals surface area (Å²) in [7, 11) is -1.60. The Labute approximate surface area is 234 Å². The Hall–Kier alpha value is -3.48. The molecule has 0 bridgehead atoms. The number of hydrogen-bond acceptors (Lipinski definition) is 5. The average molecular weight is 544 g/mol. The summed E-state index contributed by atoms with van der Waals surface area (Å²) in [5, 5.41) is 0.769. The third-order valence-electron chi connectivity index (χ3n) is 6.58. The Bertz CT molecular complexity index is 1380. The van der Waals surface area contributed by atoms with Gasteiger partial charge in [0, 0.05) is 24.4 Å². The first-order chi connectivity index (χ1) is 19.1. The predicted molar refractivity (Wildman–Crippen MR) is 161 cm³/mol. The molecule has 4 rings (SSSR count). The summed E-state index contributed by atoms with van der Waals surface area (Å²) in [5.74, 6) is 1.19. The zero-order valence-electron chi connectivity index (χ0n) is 22.9. The molecule has 1 atom stereocenters. The molecular weight excluding hydrogens is 506 g/mol. The van der Waals surface area contributed by atoms with Crippen molar-refractivity contribution in [2.45, 2.75) is 52.4 Å². The van der Waals surface area contributed by atoms with E-state index in [1.807, 2.05) is 66.9 Å². The molecular formula is C33H37NO4S. The van der Waals surface area contributed by atoms with Crippen molar-refractivity contribution in [2.75, 3.05) is 19.8 Å². The maximum atomic E-state index is 13.7. The lowest BCUT2D eigenvalue weighted by Crippen LogP contribution is -2.02. The molecule has 39 heavy (non-hydrogen) atoms. The van der Waals surface area contributed by atoms with Gasteiger partial charge in [-0.25, -0.2) is 0 Å². The highest BCUT2D eigenvalue weighted by Crippen LogP contribution is 2.46. The third kappa shape index (κ3) is 7.34. The topological polar surface area (TPSA) is 71.0 Å². The number of benzene rings is 3. The second-order valence-electron chi connectivity index (χ2n) is 9.51. The Morgan fingerprint density at radius 2 is 1.62 bits per heavy atom. The number of rotatable bonds is 15. The van der Waals surface area contributed by atoms with E-state index in [1.54, 1.807) is 12.1 Å². The highest BCUT2D eigenvalue weighted by atomic mass is 32.2. The number of aliphatic imine (C=N–C) groups is 1. The van der Waals surface area contributed by atoms with Gasteiger partial charge in [-0.15, -0.1) is 0 Å². The van der Waals surface area contributed by atoms with Crippen molar-refractivity contribution in [1.29, 1.82) is 0 Å². The van der Waals surface area contributed by atoms with E-state index in [4.69, 9.17) is 9.47 Å². The molecule has 0 radical (unpaired) electrons. The molecule has 1 heterocycles. The van der Waals surface area contributed by atoms with Gasteiger partial charge in [-0.2, -0.15) is 0 Å². The van der Waals surface area contributed by atoms with Gasteiger partial charge in [-0.05, 0) is 53.4 Å². The van der Waals surface area contributed by atoms with Crippen LogP contribution in [0.25, 0.3) is 21.2 Å². The molecule has 0 aliphatic carbocycles. The molecule has 0 aliphatic rings. The van der Waals surface area contributed by atoms with Crippen molar-refractivity contribution in [1.82, 2.24) is 0 Å². The number of unbranched alkanes of at least 4 members (excludes halogenated alkanes) is 4. The van der Waals surface area contributed by atoms with E-state index >= 15 is 0 Å². The maximum Gasteiger partial charge on any atom is 0.245 e. The fraction of sp³-hybridized carbons (Fsp3) is 0.333. The van der Waals surface area contributed by atoms with Crippen LogP contribution in [-0.2, 0) is 0 Å². The number of fused-ring (bicyclic) bond motifs is 1. The molecule has 6 heteroatoms. The Kier molecular flexibility index (Phi) is 10.7. The number of nitrogens with zero attached hydrogens (tertiary/aromatic N) is 1. The number of hydrogen-bond donors (Lipinski definition) is 0. The van der Waals surface area contributed by atoms with Gasteiger partial charge in [0.25, 0.3) is 0 Å². The van der Waals surface area contributed by atoms with E-state index in [1.165, 1.54) is 19.3 Å². The van der Waals surface area contributed by atoms with Crippen LogP contribution in [0.15, 0.2) is 77.8 Å². The molecule has 0 spiro atoms. The number of thiophene rings is 1. The van der Waals surface area contributed by atoms with Crippen LogP contribution in [0.1, 0.15) is 67.6 Å². The van der Waals surface area contributed by atoms with Crippen molar-refractivity contribution < 1.29 is 18.8 Å². The number of carbonyl (C=O) groups excluding carboxylic acids is 1. The smallest absolute Gasteiger partial charge is 0.245 e. The molecule has 0 aliphatic heterocycles. The molecule has 0 N–H and O–H groups in total. The summed E-state index contributed by atoms with van der Waals surface area (Å²) in [6, 6.07) is 22.2. The fourth-order valence-corrected chi connectivity index (χ4v) is 5.92. The van der Waals surface area contributed by atoms with Gasteiger partial charge in [0.1, 0.15) is 18.1 Å². The first-order valence-electron chi connectivity index (χ1n) is 13.9. The second kappa shape index (κ2) is 14.6. The minimum absolute atomic E-state index is 0.232. The lowest BCUT2D eigenvalue weighted by Gasteiger charge is -2.07. The summed E-state index contributed by atoms with van der Waals surface area (Å²) < 4.78 is 26.1. The lowest BCUT2D eigenvalue weighted by molar-refractivity contribution is 0.104. The van der Waals surface area contributed by atoms with Gasteiger partial charge in [0.15, 0.2) is 4.70 Å². The monoisotopic (exact) mass is 543 g/mol. The molecule has 1 aromatic heterocycles. The van der Waals surface area contributed by atoms with Crippen LogP contribution in [0.4, 0.5) is 0 Å². The van der Waals surface area contributed by atoms with Crippen molar-refractivity contribution in [2.24, 2.45) is 4.99 Å². The van der Waals surface area contributed by atoms with Crippen LogP contribution in [-0.4, -0.2) is 36.3 Å². The normalized spacial score (nSPS) is 11.8. The molecule has 4 aromatic rings. The van der Waals surface area contributed by atoms with Gasteiger partial charge < -0.3 is 14.0 Å². The van der Waals surface area contributed by atoms with Gasteiger partial charge >= 0.3 is 0 Å². The van der Waals surface area contributed by atoms with Crippen LogP contribution in [0, 0.1) is 0 Å². The molecule has 0 saturated carbocycles. The minimum atomic E-state index is -1.60. The SMILES string of the molecule is CCCCCCN=CCOc1ccc(-c2c(C(=O)c3ccccc3)[s+]([O-])c3ccc(OCCCC)cc23)cc1. The second-order valence-corrected chi connectivity index (χ2v) is 10.9. The van der Waals surface area contributed by atoms with Gasteiger partial charge in [0.05, 0.1) is 17.6 Å². The molecule has 0 fully saturated rings. The maximum absolute atomic E-state index is 13.7. The summed E-state index contributed by atoms with van der Waals surface area (Å²) in [6.45, 7) is 6.16. The van der Waals surface area contributed by atoms with Crippen LogP contribution in [0.3, 0.4) is 0 Å². The lowest BCUT2D eigenvalue weighted by atomic mass is 9.98. The quantitative estimate of drug-likeness (QED) is 0.0651. The molecule has 0 saturated heterocycles. The van der Waals surface area contributed by atoms with Crippen LogP contribution in [0.5, 0.6) is 11.5 Å². The van der Waals surface area contributed by atoms with E-state index in [9.17, 15) is 9.35 Å². The van der Waals surface area contributed by atoms with Crippen LogP contribution < -0.4 is 9.47 Å². The Morgan fingerprint density at radius 1 is 0.872 bits per heavy atom. The first kappa shape index (κ1) is 28.5. The largest absolute Gasteiger partial charge is 0.590 e. The van der Waals surface area contributed by atoms with E-state index < -0.39 is 10.8 Å². The summed E-state index contributed by atoms with van der Waals surface area (Å²) in [5.41, 5.74) is 2.00. The highest BCUT2D eigenvalue weighted by molar-refractivity contribution is 7.33. The number of ether oxygens (including phenoxy) is 2. The van der Waals surface area contributed by atoms with E-state index in [2.05, 4.69) is 18.8 Å². The van der Waals surface area contributed by atoms with Crippen LogP contribution in [0.2, 0.25) is 0 Å². The number of carbonyl (C=O) groups is 1. The zero-order valence-corrected chi connectivity index (χ0v) is 23.7. The van der Waals surface area contributed by atoms with E-state index in [0.717, 1.165) is 36.8 Å². The third-order valence-corrected chi connectivity index (χ3v) is 8.09. The van der Waals surface area contributed by atoms with Crippen molar-refractivity contribution in [3.05, 3.63) is 83.2 Å². The minimum Gasteiger partial charge on any atom is -0.590 e. The predicted octanol–water partition coefficient (Wildman–Crippen LogP) is 8.67. The molecule has 204 valence electrons. The van der Waals surface area contributed by atoms with Gasteiger partial charge in [-0.1, -0.05) is 82.0 Å². The number of ketones is 1. The highest BCUT2D eigenvalue weighted by Gasteiger charge is 2.30. The first-order valence-corrected chi connectivity index (χ1v) is 15.0. The van der Waals surface area contributed by atoms with Gasteiger partial charge in [0.2, 0.25) is 10.7 Å². The molecule has 0 amide bonds. The van der Waals surface area contributed by atoms with E-state index in [0.29, 0.717) is 45.4 Å².